The van der Waals surface area contributed by atoms with Crippen LogP contribution in [0.5, 0.6) is 0 Å². The number of hydrogen-bond acceptors (Lipinski definition) is 3. The number of benzene rings is 2. The third-order valence-electron chi connectivity index (χ3n) is 4.33. The van der Waals surface area contributed by atoms with Crippen molar-refractivity contribution in [1.29, 1.82) is 0 Å². The van der Waals surface area contributed by atoms with Gasteiger partial charge >= 0.3 is 5.97 Å². The van der Waals surface area contributed by atoms with Crippen molar-refractivity contribution in [3.8, 4) is 0 Å². The van der Waals surface area contributed by atoms with Crippen LogP contribution in [0.1, 0.15) is 22.3 Å². The molecule has 2 aromatic rings. The van der Waals surface area contributed by atoms with E-state index in [1.165, 1.54) is 4.31 Å². The van der Waals surface area contributed by atoms with Crippen LogP contribution in [0.2, 0.25) is 0 Å². The van der Waals surface area contributed by atoms with E-state index in [0.29, 0.717) is 24.4 Å². The first-order chi connectivity index (χ1) is 11.5. The highest BCUT2D eigenvalue weighted by atomic mass is 32.2. The number of carbonyl (C=O) groups is 1. The summed E-state index contributed by atoms with van der Waals surface area (Å²) in [6.45, 7) is 0.967. The van der Waals surface area contributed by atoms with Crippen molar-refractivity contribution in [2.75, 3.05) is 13.1 Å². The molecule has 1 heterocycles. The second-order valence-electron chi connectivity index (χ2n) is 6.04. The van der Waals surface area contributed by atoms with Crippen molar-refractivity contribution in [2.45, 2.75) is 17.7 Å². The summed E-state index contributed by atoms with van der Waals surface area (Å²) < 4.78 is 26.8. The Morgan fingerprint density at radius 2 is 1.88 bits per heavy atom. The van der Waals surface area contributed by atoms with Gasteiger partial charge in [-0.25, -0.2) is 13.2 Å². The predicted octanol–water partition coefficient (Wildman–Crippen LogP) is 2.64. The molecule has 126 valence electrons. The minimum Gasteiger partial charge on any atom is -0.478 e. The van der Waals surface area contributed by atoms with Gasteiger partial charge in [0.15, 0.2) is 0 Å². The number of hydrogen-bond donors (Lipinski definition) is 1. The van der Waals surface area contributed by atoms with Gasteiger partial charge in [-0.2, -0.15) is 4.31 Å². The topological polar surface area (TPSA) is 74.7 Å². The molecule has 0 bridgehead atoms. The summed E-state index contributed by atoms with van der Waals surface area (Å²) in [7, 11) is -3.45. The third kappa shape index (κ3) is 3.49. The Kier molecular flexibility index (Phi) is 4.69. The molecule has 0 saturated carbocycles. The van der Waals surface area contributed by atoms with Crippen molar-refractivity contribution < 1.29 is 18.3 Å². The standard InChI is InChI=1S/C18H19NO4S/c20-18(21)16-6-4-5-14(12-16)11-15-9-10-19(13-15)24(22,23)17-7-2-1-3-8-17/h1-8,12,15H,9-11,13H2,(H,20,21)/t15-/m0/s1. The minimum absolute atomic E-state index is 0.201. The summed E-state index contributed by atoms with van der Waals surface area (Å²) in [6, 6.07) is 15.3. The van der Waals surface area contributed by atoms with Crippen LogP contribution in [0.25, 0.3) is 0 Å². The number of carboxylic acids is 1. The summed E-state index contributed by atoms with van der Waals surface area (Å²) >= 11 is 0. The van der Waals surface area contributed by atoms with Gasteiger partial charge in [0, 0.05) is 13.1 Å². The summed E-state index contributed by atoms with van der Waals surface area (Å²) in [5.74, 6) is -0.746. The van der Waals surface area contributed by atoms with Gasteiger partial charge in [0.2, 0.25) is 10.0 Å². The van der Waals surface area contributed by atoms with E-state index in [0.717, 1.165) is 12.0 Å². The second kappa shape index (κ2) is 6.75. The molecule has 0 spiro atoms. The highest BCUT2D eigenvalue weighted by Crippen LogP contribution is 2.26. The molecule has 1 fully saturated rings. The fraction of sp³-hybridized carbons (Fsp3) is 0.278. The largest absolute Gasteiger partial charge is 0.478 e. The molecule has 0 unspecified atom stereocenters. The molecule has 3 rings (SSSR count). The van der Waals surface area contributed by atoms with Crippen molar-refractivity contribution >= 4 is 16.0 Å². The van der Waals surface area contributed by atoms with Crippen LogP contribution in [0.4, 0.5) is 0 Å². The lowest BCUT2D eigenvalue weighted by Crippen LogP contribution is -2.29. The van der Waals surface area contributed by atoms with Gasteiger partial charge in [0.25, 0.3) is 0 Å². The number of nitrogens with zero attached hydrogens (tertiary/aromatic N) is 1. The molecule has 1 aliphatic heterocycles. The van der Waals surface area contributed by atoms with Gasteiger partial charge in [-0.3, -0.25) is 0 Å². The Hall–Kier alpha value is -2.18. The molecule has 0 aromatic heterocycles. The van der Waals surface area contributed by atoms with E-state index in [1.807, 2.05) is 6.07 Å². The zero-order valence-corrected chi connectivity index (χ0v) is 13.9. The van der Waals surface area contributed by atoms with E-state index < -0.39 is 16.0 Å². The van der Waals surface area contributed by atoms with Crippen molar-refractivity contribution in [1.82, 2.24) is 4.31 Å². The normalized spacial score (nSPS) is 18.6. The molecule has 1 atom stereocenters. The molecule has 2 aromatic carbocycles. The maximum absolute atomic E-state index is 12.6. The van der Waals surface area contributed by atoms with Crippen molar-refractivity contribution in [2.24, 2.45) is 5.92 Å². The Labute approximate surface area is 141 Å². The molecule has 24 heavy (non-hydrogen) atoms. The molecular weight excluding hydrogens is 326 g/mol. The van der Waals surface area contributed by atoms with Crippen LogP contribution in [0.3, 0.4) is 0 Å². The lowest BCUT2D eigenvalue weighted by atomic mass is 9.97. The Morgan fingerprint density at radius 3 is 2.58 bits per heavy atom. The van der Waals surface area contributed by atoms with Crippen LogP contribution in [0, 0.1) is 5.92 Å². The van der Waals surface area contributed by atoms with Crippen molar-refractivity contribution in [3.05, 3.63) is 65.7 Å². The van der Waals surface area contributed by atoms with E-state index in [9.17, 15) is 13.2 Å². The lowest BCUT2D eigenvalue weighted by Gasteiger charge is -2.16. The smallest absolute Gasteiger partial charge is 0.335 e. The average Bonchev–Trinajstić information content (AvgIpc) is 3.05. The number of aromatic carboxylic acids is 1. The van der Waals surface area contributed by atoms with Gasteiger partial charge in [-0.15, -0.1) is 0 Å². The van der Waals surface area contributed by atoms with Gasteiger partial charge < -0.3 is 5.11 Å². The Morgan fingerprint density at radius 1 is 1.12 bits per heavy atom. The van der Waals surface area contributed by atoms with Gasteiger partial charge in [0.05, 0.1) is 10.5 Å². The SMILES string of the molecule is O=C(O)c1cccc(C[C@@H]2CCN(S(=O)(=O)c3ccccc3)C2)c1. The minimum atomic E-state index is -3.45. The van der Waals surface area contributed by atoms with E-state index in [2.05, 4.69) is 0 Å². The zero-order chi connectivity index (χ0) is 17.2. The van der Waals surface area contributed by atoms with E-state index in [4.69, 9.17) is 5.11 Å². The van der Waals surface area contributed by atoms with Crippen LogP contribution in [-0.4, -0.2) is 36.9 Å². The molecule has 1 N–H and O–H groups in total. The molecule has 1 saturated heterocycles. The van der Waals surface area contributed by atoms with Gasteiger partial charge in [-0.05, 0) is 48.6 Å². The highest BCUT2D eigenvalue weighted by molar-refractivity contribution is 7.89. The van der Waals surface area contributed by atoms with Crippen LogP contribution in [-0.2, 0) is 16.4 Å². The van der Waals surface area contributed by atoms with E-state index in [1.54, 1.807) is 48.5 Å². The predicted molar refractivity (Wildman–Crippen MR) is 90.4 cm³/mol. The average molecular weight is 345 g/mol. The zero-order valence-electron chi connectivity index (χ0n) is 13.1. The monoisotopic (exact) mass is 345 g/mol. The summed E-state index contributed by atoms with van der Waals surface area (Å²) in [6.07, 6.45) is 1.46. The molecule has 0 amide bonds. The third-order valence-corrected chi connectivity index (χ3v) is 6.21. The maximum atomic E-state index is 12.6. The van der Waals surface area contributed by atoms with Gasteiger partial charge in [-0.1, -0.05) is 30.3 Å². The first-order valence-electron chi connectivity index (χ1n) is 7.84. The first kappa shape index (κ1) is 16.7. The van der Waals surface area contributed by atoms with Crippen LogP contribution >= 0.6 is 0 Å². The molecule has 0 radical (unpaired) electrons. The molecule has 5 nitrogen and oxygen atoms in total. The lowest BCUT2D eigenvalue weighted by molar-refractivity contribution is 0.0696. The fourth-order valence-corrected chi connectivity index (χ4v) is 4.64. The molecule has 1 aliphatic rings. The summed E-state index contributed by atoms with van der Waals surface area (Å²) in [5, 5.41) is 9.06. The van der Waals surface area contributed by atoms with Crippen LogP contribution < -0.4 is 0 Å². The quantitative estimate of drug-likeness (QED) is 0.904. The Bertz CT molecular complexity index is 833. The molecule has 0 aliphatic carbocycles. The number of rotatable bonds is 5. The number of sulfonamides is 1. The molecule has 6 heteroatoms. The summed E-state index contributed by atoms with van der Waals surface area (Å²) in [4.78, 5) is 11.4. The summed E-state index contributed by atoms with van der Waals surface area (Å²) in [5.41, 5.74) is 1.19. The maximum Gasteiger partial charge on any atom is 0.335 e. The molecular formula is C18H19NO4S. The second-order valence-corrected chi connectivity index (χ2v) is 7.98. The number of carboxylic acid groups (broad SMARTS) is 1. The highest BCUT2D eigenvalue weighted by Gasteiger charge is 2.32. The van der Waals surface area contributed by atoms with Crippen LogP contribution in [0.15, 0.2) is 59.5 Å². The fourth-order valence-electron chi connectivity index (χ4n) is 3.09. The Balaban J connectivity index is 1.70. The van der Waals surface area contributed by atoms with Crippen molar-refractivity contribution in [3.63, 3.8) is 0 Å². The first-order valence-corrected chi connectivity index (χ1v) is 9.28. The van der Waals surface area contributed by atoms with E-state index in [-0.39, 0.29) is 11.5 Å². The van der Waals surface area contributed by atoms with Gasteiger partial charge in [0.1, 0.15) is 0 Å². The van der Waals surface area contributed by atoms with E-state index >= 15 is 0 Å².